The van der Waals surface area contributed by atoms with Crippen LogP contribution in [0.2, 0.25) is 0 Å². The van der Waals surface area contributed by atoms with Crippen molar-refractivity contribution in [2.75, 3.05) is 25.4 Å². The van der Waals surface area contributed by atoms with Crippen LogP contribution in [0.25, 0.3) is 11.3 Å². The van der Waals surface area contributed by atoms with Crippen molar-refractivity contribution in [2.24, 2.45) is 5.92 Å². The quantitative estimate of drug-likeness (QED) is 0.748. The Morgan fingerprint density at radius 3 is 2.78 bits per heavy atom. The summed E-state index contributed by atoms with van der Waals surface area (Å²) in [6, 6.07) is 7.31. The van der Waals surface area contributed by atoms with Crippen LogP contribution in [-0.2, 0) is 0 Å². The van der Waals surface area contributed by atoms with Crippen molar-refractivity contribution < 1.29 is 9.84 Å². The third-order valence-electron chi connectivity index (χ3n) is 5.69. The number of phenols is 1. The zero-order valence-electron chi connectivity index (χ0n) is 15.7. The zero-order valence-corrected chi connectivity index (χ0v) is 15.7. The number of nitrogens with zero attached hydrogens (tertiary/aromatic N) is 2. The smallest absolute Gasteiger partial charge is 0.220 e. The number of phenolic OH excluding ortho intramolecular Hbond substituents is 1. The molecule has 6 heteroatoms. The number of rotatable bonds is 5. The molecule has 0 spiro atoms. The SMILES string of the molecule is Nc1nc(-c2c(O)cccc2OCC2CCCC2)cc(C2CCCNC2)n1. The fraction of sp³-hybridized carbons (Fsp3) is 0.524. The minimum atomic E-state index is 0.157. The standard InChI is InChI=1S/C21H28N4O2/c22-21-24-16(15-7-4-10-23-12-15)11-17(25-21)20-18(26)8-3-9-19(20)27-13-14-5-1-2-6-14/h3,8-9,11,14-15,23,26H,1-2,4-7,10,12-13H2,(H2,22,24,25). The highest BCUT2D eigenvalue weighted by Crippen LogP contribution is 2.39. The molecule has 2 aliphatic rings. The van der Waals surface area contributed by atoms with E-state index in [0.717, 1.165) is 31.6 Å². The lowest BCUT2D eigenvalue weighted by Gasteiger charge is -2.23. The van der Waals surface area contributed by atoms with Gasteiger partial charge in [-0.3, -0.25) is 0 Å². The number of hydrogen-bond acceptors (Lipinski definition) is 6. The average Bonchev–Trinajstić information content (AvgIpc) is 3.20. The second-order valence-electron chi connectivity index (χ2n) is 7.69. The van der Waals surface area contributed by atoms with E-state index in [2.05, 4.69) is 15.3 Å². The minimum absolute atomic E-state index is 0.157. The van der Waals surface area contributed by atoms with Crippen LogP contribution in [0.15, 0.2) is 24.3 Å². The van der Waals surface area contributed by atoms with E-state index in [1.165, 1.54) is 25.7 Å². The molecule has 1 aliphatic heterocycles. The Bertz CT molecular complexity index is 784. The molecule has 1 unspecified atom stereocenters. The number of aromatic hydroxyl groups is 1. The Hall–Kier alpha value is -2.34. The largest absolute Gasteiger partial charge is 0.507 e. The highest BCUT2D eigenvalue weighted by atomic mass is 16.5. The molecule has 1 aliphatic carbocycles. The first-order valence-electron chi connectivity index (χ1n) is 10.0. The summed E-state index contributed by atoms with van der Waals surface area (Å²) in [6.07, 6.45) is 7.19. The highest BCUT2D eigenvalue weighted by Gasteiger charge is 2.22. The summed E-state index contributed by atoms with van der Waals surface area (Å²) < 4.78 is 6.11. The van der Waals surface area contributed by atoms with Gasteiger partial charge in [-0.2, -0.15) is 0 Å². The molecule has 0 amide bonds. The Balaban J connectivity index is 1.64. The second-order valence-corrected chi connectivity index (χ2v) is 7.69. The molecule has 1 aromatic carbocycles. The van der Waals surface area contributed by atoms with Crippen LogP contribution in [0, 0.1) is 5.92 Å². The molecule has 4 rings (SSSR count). The number of piperidine rings is 1. The maximum atomic E-state index is 10.5. The Morgan fingerprint density at radius 1 is 1.15 bits per heavy atom. The third kappa shape index (κ3) is 4.16. The van der Waals surface area contributed by atoms with Crippen molar-refractivity contribution in [2.45, 2.75) is 44.4 Å². The fourth-order valence-electron chi connectivity index (χ4n) is 4.21. The van der Waals surface area contributed by atoms with Crippen LogP contribution in [0.5, 0.6) is 11.5 Å². The molecule has 1 saturated heterocycles. The normalized spacial score (nSPS) is 20.7. The van der Waals surface area contributed by atoms with Gasteiger partial charge in [-0.05, 0) is 56.3 Å². The van der Waals surface area contributed by atoms with E-state index in [4.69, 9.17) is 10.5 Å². The lowest BCUT2D eigenvalue weighted by atomic mass is 9.94. The molecule has 0 radical (unpaired) electrons. The number of nitrogen functional groups attached to an aromatic ring is 1. The zero-order chi connectivity index (χ0) is 18.6. The molecule has 2 fully saturated rings. The van der Waals surface area contributed by atoms with Crippen molar-refractivity contribution >= 4 is 5.95 Å². The predicted octanol–water partition coefficient (Wildman–Crippen LogP) is 3.47. The lowest BCUT2D eigenvalue weighted by Crippen LogP contribution is -2.29. The van der Waals surface area contributed by atoms with Crippen LogP contribution in [-0.4, -0.2) is 34.8 Å². The van der Waals surface area contributed by atoms with E-state index in [-0.39, 0.29) is 11.7 Å². The molecule has 0 bridgehead atoms. The van der Waals surface area contributed by atoms with E-state index >= 15 is 0 Å². The first-order chi connectivity index (χ1) is 13.2. The van der Waals surface area contributed by atoms with Gasteiger partial charge in [0, 0.05) is 12.5 Å². The van der Waals surface area contributed by atoms with Gasteiger partial charge in [0.15, 0.2) is 0 Å². The van der Waals surface area contributed by atoms with Gasteiger partial charge in [0.05, 0.1) is 23.6 Å². The molecule has 2 heterocycles. The summed E-state index contributed by atoms with van der Waals surface area (Å²) in [5, 5.41) is 13.9. The van der Waals surface area contributed by atoms with E-state index < -0.39 is 0 Å². The molecule has 4 N–H and O–H groups in total. The molecule has 27 heavy (non-hydrogen) atoms. The second kappa shape index (κ2) is 8.13. The predicted molar refractivity (Wildman–Crippen MR) is 106 cm³/mol. The molecule has 1 aromatic heterocycles. The lowest BCUT2D eigenvalue weighted by molar-refractivity contribution is 0.252. The Kier molecular flexibility index (Phi) is 5.43. The summed E-state index contributed by atoms with van der Waals surface area (Å²) in [5.41, 5.74) is 8.17. The van der Waals surface area contributed by atoms with Gasteiger partial charge in [-0.1, -0.05) is 18.9 Å². The van der Waals surface area contributed by atoms with Crippen LogP contribution >= 0.6 is 0 Å². The Morgan fingerprint density at radius 2 is 2.00 bits per heavy atom. The molecule has 1 saturated carbocycles. The number of hydrogen-bond donors (Lipinski definition) is 3. The first kappa shape index (κ1) is 18.0. The van der Waals surface area contributed by atoms with Crippen molar-refractivity contribution in [1.82, 2.24) is 15.3 Å². The van der Waals surface area contributed by atoms with Crippen LogP contribution in [0.4, 0.5) is 5.95 Å². The van der Waals surface area contributed by atoms with Gasteiger partial charge < -0.3 is 20.9 Å². The number of benzene rings is 1. The number of nitrogens with two attached hydrogens (primary N) is 1. The van der Waals surface area contributed by atoms with Crippen molar-refractivity contribution in [3.05, 3.63) is 30.0 Å². The molecule has 2 aromatic rings. The maximum Gasteiger partial charge on any atom is 0.220 e. The van der Waals surface area contributed by atoms with Crippen molar-refractivity contribution in [1.29, 1.82) is 0 Å². The van der Waals surface area contributed by atoms with Gasteiger partial charge in [-0.25, -0.2) is 9.97 Å². The molecule has 6 nitrogen and oxygen atoms in total. The van der Waals surface area contributed by atoms with Crippen LogP contribution < -0.4 is 15.8 Å². The van der Waals surface area contributed by atoms with Gasteiger partial charge in [-0.15, -0.1) is 0 Å². The molecule has 1 atom stereocenters. The van der Waals surface area contributed by atoms with Gasteiger partial charge in [0.25, 0.3) is 0 Å². The highest BCUT2D eigenvalue weighted by molar-refractivity contribution is 5.74. The maximum absolute atomic E-state index is 10.5. The Labute approximate surface area is 160 Å². The van der Waals surface area contributed by atoms with E-state index in [1.807, 2.05) is 12.1 Å². The van der Waals surface area contributed by atoms with E-state index in [9.17, 15) is 5.11 Å². The number of anilines is 1. The van der Waals surface area contributed by atoms with Crippen molar-refractivity contribution in [3.8, 4) is 22.8 Å². The number of aromatic nitrogens is 2. The topological polar surface area (TPSA) is 93.3 Å². The summed E-state index contributed by atoms with van der Waals surface area (Å²) in [5.74, 6) is 1.96. The van der Waals surface area contributed by atoms with Crippen molar-refractivity contribution in [3.63, 3.8) is 0 Å². The average molecular weight is 368 g/mol. The van der Waals surface area contributed by atoms with Crippen LogP contribution in [0.3, 0.4) is 0 Å². The molecular formula is C21H28N4O2. The number of nitrogens with one attached hydrogen (secondary N) is 1. The van der Waals surface area contributed by atoms with Gasteiger partial charge in [0.2, 0.25) is 5.95 Å². The summed E-state index contributed by atoms with van der Waals surface area (Å²) in [4.78, 5) is 8.86. The molecule has 144 valence electrons. The van der Waals surface area contributed by atoms with Gasteiger partial charge >= 0.3 is 0 Å². The third-order valence-corrected chi connectivity index (χ3v) is 5.69. The van der Waals surface area contributed by atoms with Gasteiger partial charge in [0.1, 0.15) is 11.5 Å². The summed E-state index contributed by atoms with van der Waals surface area (Å²) >= 11 is 0. The first-order valence-corrected chi connectivity index (χ1v) is 10.0. The minimum Gasteiger partial charge on any atom is -0.507 e. The monoisotopic (exact) mass is 368 g/mol. The van der Waals surface area contributed by atoms with E-state index in [0.29, 0.717) is 35.4 Å². The van der Waals surface area contributed by atoms with Crippen LogP contribution in [0.1, 0.15) is 50.1 Å². The molecular weight excluding hydrogens is 340 g/mol. The fourth-order valence-corrected chi connectivity index (χ4v) is 4.21. The summed E-state index contributed by atoms with van der Waals surface area (Å²) in [7, 11) is 0. The number of ether oxygens (including phenoxy) is 1. The van der Waals surface area contributed by atoms with E-state index in [1.54, 1.807) is 12.1 Å². The summed E-state index contributed by atoms with van der Waals surface area (Å²) in [6.45, 7) is 2.61.